The maximum Gasteiger partial charge on any atom is 0.261 e. The summed E-state index contributed by atoms with van der Waals surface area (Å²) in [4.78, 5) is 24.9. The number of nitrogens with one attached hydrogen (secondary N) is 1. The van der Waals surface area contributed by atoms with E-state index in [-0.39, 0.29) is 21.3 Å². The molecule has 3 rings (SSSR count). The summed E-state index contributed by atoms with van der Waals surface area (Å²) in [5.74, 6) is -1.05. The topological polar surface area (TPSA) is 71.3 Å². The summed E-state index contributed by atoms with van der Waals surface area (Å²) < 4.78 is 1.02. The van der Waals surface area contributed by atoms with E-state index in [1.807, 2.05) is 0 Å². The summed E-state index contributed by atoms with van der Waals surface area (Å²) in [5.41, 5.74) is -0.178. The maximum atomic E-state index is 12.7. The number of rotatable bonds is 2. The van der Waals surface area contributed by atoms with Gasteiger partial charge in [-0.2, -0.15) is 0 Å². The van der Waals surface area contributed by atoms with Crippen LogP contribution in [0.4, 0.5) is 5.69 Å². The van der Waals surface area contributed by atoms with E-state index in [0.29, 0.717) is 10.8 Å². The predicted octanol–water partition coefficient (Wildman–Crippen LogP) is 3.80. The van der Waals surface area contributed by atoms with Gasteiger partial charge in [0.15, 0.2) is 0 Å². The van der Waals surface area contributed by atoms with Crippen molar-refractivity contribution in [3.63, 3.8) is 0 Å². The highest BCUT2D eigenvalue weighted by atomic mass is 35.5. The molecule has 1 amide bonds. The zero-order valence-electron chi connectivity index (χ0n) is 12.5. The van der Waals surface area contributed by atoms with Gasteiger partial charge in [0.05, 0.1) is 15.7 Å². The Hall–Kier alpha value is -2.50. The molecule has 0 aliphatic rings. The van der Waals surface area contributed by atoms with Crippen molar-refractivity contribution >= 4 is 45.6 Å². The number of fused-ring (bicyclic) bond motifs is 1. The highest BCUT2D eigenvalue weighted by molar-refractivity contribution is 6.40. The number of halogens is 2. The molecule has 0 aliphatic heterocycles. The summed E-state index contributed by atoms with van der Waals surface area (Å²) in [6, 6.07) is 11.4. The zero-order valence-corrected chi connectivity index (χ0v) is 14.0. The van der Waals surface area contributed by atoms with Crippen LogP contribution in [0.3, 0.4) is 0 Å². The van der Waals surface area contributed by atoms with Crippen molar-refractivity contribution in [2.24, 2.45) is 7.05 Å². The van der Waals surface area contributed by atoms with E-state index in [2.05, 4.69) is 5.32 Å². The standard InChI is InChI=1S/C17H12Cl2N2O3/c1-21-16(23)10-6-3-2-5-9(10)13(17(21)24)15(22)20-14-11(18)7-4-8-12(14)19/h2-8,24H,1H3,(H,20,22). The number of anilines is 1. The number of amides is 1. The van der Waals surface area contributed by atoms with Crippen molar-refractivity contribution < 1.29 is 9.90 Å². The molecule has 2 aromatic carbocycles. The molecule has 122 valence electrons. The number of hydrogen-bond donors (Lipinski definition) is 2. The number of carbonyl (C=O) groups is 1. The second-order valence-corrected chi connectivity index (χ2v) is 5.97. The SMILES string of the molecule is Cn1c(O)c(C(=O)Nc2c(Cl)cccc2Cl)c2ccccc2c1=O. The molecule has 0 spiro atoms. The Bertz CT molecular complexity index is 1010. The first kappa shape index (κ1) is 16.4. The largest absolute Gasteiger partial charge is 0.494 e. The van der Waals surface area contributed by atoms with Crippen molar-refractivity contribution in [2.45, 2.75) is 0 Å². The summed E-state index contributed by atoms with van der Waals surface area (Å²) in [6.07, 6.45) is 0. The lowest BCUT2D eigenvalue weighted by molar-refractivity contribution is 0.102. The van der Waals surface area contributed by atoms with Gasteiger partial charge >= 0.3 is 0 Å². The second kappa shape index (κ2) is 6.19. The van der Waals surface area contributed by atoms with Crippen LogP contribution in [0, 0.1) is 0 Å². The van der Waals surface area contributed by atoms with E-state index >= 15 is 0 Å². The van der Waals surface area contributed by atoms with Crippen molar-refractivity contribution in [1.29, 1.82) is 0 Å². The van der Waals surface area contributed by atoms with Crippen LogP contribution in [0.15, 0.2) is 47.3 Å². The molecular weight excluding hydrogens is 351 g/mol. The van der Waals surface area contributed by atoms with Gasteiger partial charge in [-0.15, -0.1) is 0 Å². The van der Waals surface area contributed by atoms with Crippen LogP contribution in [-0.2, 0) is 7.05 Å². The first-order valence-corrected chi connectivity index (χ1v) is 7.73. The lowest BCUT2D eigenvalue weighted by Crippen LogP contribution is -2.22. The Morgan fingerprint density at radius 1 is 1.04 bits per heavy atom. The van der Waals surface area contributed by atoms with Crippen LogP contribution in [0.2, 0.25) is 10.0 Å². The van der Waals surface area contributed by atoms with E-state index in [1.54, 1.807) is 42.5 Å². The Morgan fingerprint density at radius 3 is 2.25 bits per heavy atom. The fourth-order valence-corrected chi connectivity index (χ4v) is 2.96. The normalized spacial score (nSPS) is 10.8. The van der Waals surface area contributed by atoms with Gasteiger partial charge in [-0.1, -0.05) is 47.5 Å². The lowest BCUT2D eigenvalue weighted by Gasteiger charge is -2.14. The number of para-hydroxylation sites is 1. The monoisotopic (exact) mass is 362 g/mol. The molecule has 0 radical (unpaired) electrons. The summed E-state index contributed by atoms with van der Waals surface area (Å²) >= 11 is 12.1. The number of pyridine rings is 1. The molecule has 7 heteroatoms. The van der Waals surface area contributed by atoms with Crippen molar-refractivity contribution in [2.75, 3.05) is 5.32 Å². The molecule has 2 N–H and O–H groups in total. The fraction of sp³-hybridized carbons (Fsp3) is 0.0588. The minimum absolute atomic E-state index is 0.0244. The van der Waals surface area contributed by atoms with Gasteiger partial charge in [0.1, 0.15) is 5.56 Å². The van der Waals surface area contributed by atoms with Gasteiger partial charge in [-0.05, 0) is 18.2 Å². The Labute approximate surface area is 147 Å². The van der Waals surface area contributed by atoms with Crippen molar-refractivity contribution in [3.8, 4) is 5.88 Å². The quantitative estimate of drug-likeness (QED) is 0.728. The smallest absolute Gasteiger partial charge is 0.261 e. The fourth-order valence-electron chi connectivity index (χ4n) is 2.47. The Kier molecular flexibility index (Phi) is 4.22. The minimum Gasteiger partial charge on any atom is -0.494 e. The number of carbonyl (C=O) groups excluding carboxylic acids is 1. The Morgan fingerprint density at radius 2 is 1.62 bits per heavy atom. The molecule has 24 heavy (non-hydrogen) atoms. The molecule has 0 fully saturated rings. The van der Waals surface area contributed by atoms with Crippen LogP contribution >= 0.6 is 23.2 Å². The van der Waals surface area contributed by atoms with Gasteiger partial charge in [-0.25, -0.2) is 0 Å². The number of aromatic hydroxyl groups is 1. The van der Waals surface area contributed by atoms with Crippen molar-refractivity contribution in [3.05, 3.63) is 68.4 Å². The van der Waals surface area contributed by atoms with Crippen LogP contribution < -0.4 is 10.9 Å². The minimum atomic E-state index is -0.616. The molecule has 5 nitrogen and oxygen atoms in total. The van der Waals surface area contributed by atoms with Gasteiger partial charge in [0.2, 0.25) is 5.88 Å². The molecular formula is C17H12Cl2N2O3. The summed E-state index contributed by atoms with van der Waals surface area (Å²) in [5, 5.41) is 14.1. The van der Waals surface area contributed by atoms with Crippen LogP contribution in [0.25, 0.3) is 10.8 Å². The second-order valence-electron chi connectivity index (χ2n) is 5.16. The van der Waals surface area contributed by atoms with Crippen LogP contribution in [0.5, 0.6) is 5.88 Å². The first-order valence-electron chi connectivity index (χ1n) is 6.98. The van der Waals surface area contributed by atoms with E-state index < -0.39 is 17.3 Å². The predicted molar refractivity (Wildman–Crippen MR) is 95.3 cm³/mol. The van der Waals surface area contributed by atoms with Crippen LogP contribution in [0.1, 0.15) is 10.4 Å². The molecule has 0 aliphatic carbocycles. The average Bonchev–Trinajstić information content (AvgIpc) is 2.56. The molecule has 1 aromatic heterocycles. The van der Waals surface area contributed by atoms with Crippen LogP contribution in [-0.4, -0.2) is 15.6 Å². The van der Waals surface area contributed by atoms with E-state index in [4.69, 9.17) is 23.2 Å². The third-order valence-electron chi connectivity index (χ3n) is 3.70. The van der Waals surface area contributed by atoms with Gasteiger partial charge in [0.25, 0.3) is 11.5 Å². The third-order valence-corrected chi connectivity index (χ3v) is 4.33. The average molecular weight is 363 g/mol. The van der Waals surface area contributed by atoms with Gasteiger partial charge in [0, 0.05) is 17.8 Å². The molecule has 3 aromatic rings. The number of aromatic nitrogens is 1. The highest BCUT2D eigenvalue weighted by Gasteiger charge is 2.21. The zero-order chi connectivity index (χ0) is 17.4. The molecule has 0 bridgehead atoms. The lowest BCUT2D eigenvalue weighted by atomic mass is 10.1. The van der Waals surface area contributed by atoms with E-state index in [1.165, 1.54) is 7.05 Å². The molecule has 0 unspecified atom stereocenters. The Balaban J connectivity index is 2.19. The summed E-state index contributed by atoms with van der Waals surface area (Å²) in [7, 11) is 1.39. The van der Waals surface area contributed by atoms with Gasteiger partial charge < -0.3 is 10.4 Å². The van der Waals surface area contributed by atoms with E-state index in [0.717, 1.165) is 4.57 Å². The number of benzene rings is 2. The third kappa shape index (κ3) is 2.62. The van der Waals surface area contributed by atoms with Crippen molar-refractivity contribution in [1.82, 2.24) is 4.57 Å². The highest BCUT2D eigenvalue weighted by Crippen LogP contribution is 2.32. The first-order chi connectivity index (χ1) is 11.4. The molecule has 0 atom stereocenters. The molecule has 0 saturated carbocycles. The number of nitrogens with zero attached hydrogens (tertiary/aromatic N) is 1. The van der Waals surface area contributed by atoms with Gasteiger partial charge in [-0.3, -0.25) is 14.2 Å². The molecule has 0 saturated heterocycles. The number of hydrogen-bond acceptors (Lipinski definition) is 3. The summed E-state index contributed by atoms with van der Waals surface area (Å²) in [6.45, 7) is 0. The maximum absolute atomic E-state index is 12.7. The van der Waals surface area contributed by atoms with E-state index in [9.17, 15) is 14.7 Å². The molecule has 1 heterocycles.